The summed E-state index contributed by atoms with van der Waals surface area (Å²) in [5, 5.41) is 25.9. The summed E-state index contributed by atoms with van der Waals surface area (Å²) < 4.78 is 0. The summed E-state index contributed by atoms with van der Waals surface area (Å²) in [6, 6.07) is 13.0. The number of rotatable bonds is 3. The van der Waals surface area contributed by atoms with Gasteiger partial charge >= 0.3 is 0 Å². The molecular formula is C12H7N5O. The van der Waals surface area contributed by atoms with Crippen molar-refractivity contribution in [2.45, 2.75) is 0 Å². The summed E-state index contributed by atoms with van der Waals surface area (Å²) in [6.07, 6.45) is 0. The summed E-state index contributed by atoms with van der Waals surface area (Å²) in [7, 11) is 0. The fourth-order valence-corrected chi connectivity index (χ4v) is 1.06. The molecule has 6 nitrogen and oxygen atoms in total. The molecule has 86 valence electrons. The molecule has 0 aromatic heterocycles. The average molecular weight is 237 g/mol. The molecule has 0 aliphatic heterocycles. The lowest BCUT2D eigenvalue weighted by Crippen LogP contribution is -2.36. The molecule has 1 aromatic rings. The maximum atomic E-state index is 11.6. The predicted octanol–water partition coefficient (Wildman–Crippen LogP) is 0.746. The van der Waals surface area contributed by atoms with Crippen LogP contribution in [0, 0.1) is 34.0 Å². The van der Waals surface area contributed by atoms with E-state index in [1.54, 1.807) is 48.5 Å². The van der Waals surface area contributed by atoms with Crippen LogP contribution in [0.2, 0.25) is 0 Å². The van der Waals surface area contributed by atoms with E-state index >= 15 is 0 Å². The minimum absolute atomic E-state index is 0.302. The monoisotopic (exact) mass is 237 g/mol. The molecule has 0 fully saturated rings. The Morgan fingerprint density at radius 2 is 1.56 bits per heavy atom. The third kappa shape index (κ3) is 3.10. The molecule has 0 atom stereocenters. The van der Waals surface area contributed by atoms with Crippen LogP contribution in [0.3, 0.4) is 0 Å². The number of carbonyl (C=O) groups is 1. The highest BCUT2D eigenvalue weighted by atomic mass is 16.2. The van der Waals surface area contributed by atoms with Crippen molar-refractivity contribution < 1.29 is 4.79 Å². The number of hydrogen-bond donors (Lipinski definition) is 2. The Morgan fingerprint density at radius 3 is 2.06 bits per heavy atom. The molecule has 6 heteroatoms. The molecule has 0 aliphatic rings. The van der Waals surface area contributed by atoms with E-state index < -0.39 is 11.5 Å². The van der Waals surface area contributed by atoms with Crippen LogP contribution >= 0.6 is 0 Å². The van der Waals surface area contributed by atoms with Gasteiger partial charge in [-0.1, -0.05) is 18.2 Å². The molecule has 18 heavy (non-hydrogen) atoms. The highest BCUT2D eigenvalue weighted by Gasteiger charge is 2.08. The molecule has 0 spiro atoms. The first-order valence-corrected chi connectivity index (χ1v) is 4.79. The van der Waals surface area contributed by atoms with E-state index in [1.165, 1.54) is 0 Å². The second-order valence-electron chi connectivity index (χ2n) is 3.03. The van der Waals surface area contributed by atoms with Gasteiger partial charge in [-0.25, -0.2) is 0 Å². The van der Waals surface area contributed by atoms with Gasteiger partial charge in [0.2, 0.25) is 0 Å². The Balaban J connectivity index is 2.76. The Bertz CT molecular complexity index is 582. The Labute approximate surface area is 103 Å². The first-order chi connectivity index (χ1) is 8.72. The lowest BCUT2D eigenvalue weighted by atomic mass is 10.2. The second-order valence-corrected chi connectivity index (χ2v) is 3.03. The zero-order chi connectivity index (χ0) is 13.4. The molecule has 0 radical (unpaired) electrons. The third-order valence-electron chi connectivity index (χ3n) is 1.92. The number of hydrogen-bond acceptors (Lipinski definition) is 5. The van der Waals surface area contributed by atoms with Crippen molar-refractivity contribution in [1.82, 2.24) is 10.9 Å². The second kappa shape index (κ2) is 6.32. The Kier molecular flexibility index (Phi) is 4.48. The van der Waals surface area contributed by atoms with E-state index in [-0.39, 0.29) is 5.70 Å². The maximum Gasteiger partial charge on any atom is 0.269 e. The summed E-state index contributed by atoms with van der Waals surface area (Å²) in [6.45, 7) is 0. The normalized spacial score (nSPS) is 8.06. The van der Waals surface area contributed by atoms with Crippen LogP contribution in [-0.4, -0.2) is 5.91 Å². The van der Waals surface area contributed by atoms with Gasteiger partial charge in [0, 0.05) is 5.56 Å². The molecule has 0 bridgehead atoms. The van der Waals surface area contributed by atoms with Crippen molar-refractivity contribution >= 4 is 5.91 Å². The maximum absolute atomic E-state index is 11.6. The SMILES string of the molecule is N#CC(C#N)=C(C#N)NNC(=O)c1ccccc1. The first kappa shape index (κ1) is 12.8. The lowest BCUT2D eigenvalue weighted by Gasteiger charge is -2.06. The van der Waals surface area contributed by atoms with Gasteiger partial charge in [-0.15, -0.1) is 0 Å². The molecule has 0 heterocycles. The number of allylic oxidation sites excluding steroid dienone is 2. The van der Waals surface area contributed by atoms with Crippen molar-refractivity contribution in [2.24, 2.45) is 0 Å². The third-order valence-corrected chi connectivity index (χ3v) is 1.92. The van der Waals surface area contributed by atoms with Crippen molar-refractivity contribution in [3.05, 3.63) is 47.2 Å². The molecule has 1 aromatic carbocycles. The number of nitriles is 3. The van der Waals surface area contributed by atoms with E-state index in [2.05, 4.69) is 10.9 Å². The van der Waals surface area contributed by atoms with Gasteiger partial charge in [-0.05, 0) is 12.1 Å². The van der Waals surface area contributed by atoms with Crippen molar-refractivity contribution in [3.8, 4) is 18.2 Å². The quantitative estimate of drug-likeness (QED) is 0.594. The van der Waals surface area contributed by atoms with E-state index in [0.29, 0.717) is 5.56 Å². The van der Waals surface area contributed by atoms with E-state index in [0.717, 1.165) is 0 Å². The molecule has 0 saturated carbocycles. The first-order valence-electron chi connectivity index (χ1n) is 4.79. The van der Waals surface area contributed by atoms with Crippen molar-refractivity contribution in [1.29, 1.82) is 15.8 Å². The van der Waals surface area contributed by atoms with Gasteiger partial charge in [0.05, 0.1) is 0 Å². The van der Waals surface area contributed by atoms with Crippen LogP contribution in [0.4, 0.5) is 0 Å². The lowest BCUT2D eigenvalue weighted by molar-refractivity contribution is 0.0939. The highest BCUT2D eigenvalue weighted by Crippen LogP contribution is 1.99. The van der Waals surface area contributed by atoms with Crippen molar-refractivity contribution in [2.75, 3.05) is 0 Å². The minimum Gasteiger partial charge on any atom is -0.287 e. The van der Waals surface area contributed by atoms with Crippen molar-refractivity contribution in [3.63, 3.8) is 0 Å². The fraction of sp³-hybridized carbons (Fsp3) is 0. The summed E-state index contributed by atoms with van der Waals surface area (Å²) in [5.74, 6) is -0.474. The molecule has 2 N–H and O–H groups in total. The highest BCUT2D eigenvalue weighted by molar-refractivity contribution is 5.93. The van der Waals surface area contributed by atoms with E-state index in [1.807, 2.05) is 0 Å². The molecular weight excluding hydrogens is 230 g/mol. The number of carbonyl (C=O) groups excluding carboxylic acids is 1. The largest absolute Gasteiger partial charge is 0.287 e. The van der Waals surface area contributed by atoms with Crippen LogP contribution < -0.4 is 10.9 Å². The zero-order valence-corrected chi connectivity index (χ0v) is 9.14. The summed E-state index contributed by atoms with van der Waals surface area (Å²) in [4.78, 5) is 11.6. The van der Waals surface area contributed by atoms with Gasteiger partial charge in [0.25, 0.3) is 5.91 Å². The number of nitrogens with zero attached hydrogens (tertiary/aromatic N) is 3. The number of nitrogens with one attached hydrogen (secondary N) is 2. The van der Waals surface area contributed by atoms with Crippen LogP contribution in [0.15, 0.2) is 41.6 Å². The van der Waals surface area contributed by atoms with Gasteiger partial charge in [-0.3, -0.25) is 15.6 Å². The molecule has 0 aliphatic carbocycles. The molecule has 1 rings (SSSR count). The van der Waals surface area contributed by atoms with E-state index in [4.69, 9.17) is 15.8 Å². The van der Waals surface area contributed by atoms with E-state index in [9.17, 15) is 4.79 Å². The van der Waals surface area contributed by atoms with Gasteiger partial charge in [0.15, 0.2) is 11.3 Å². The van der Waals surface area contributed by atoms with Crippen LogP contribution in [0.25, 0.3) is 0 Å². The molecule has 0 saturated heterocycles. The smallest absolute Gasteiger partial charge is 0.269 e. The number of amides is 1. The predicted molar refractivity (Wildman–Crippen MR) is 60.9 cm³/mol. The van der Waals surface area contributed by atoms with Crippen LogP contribution in [0.1, 0.15) is 10.4 Å². The van der Waals surface area contributed by atoms with Crippen LogP contribution in [0.5, 0.6) is 0 Å². The fourth-order valence-electron chi connectivity index (χ4n) is 1.06. The average Bonchev–Trinajstić information content (AvgIpc) is 2.44. The summed E-state index contributed by atoms with van der Waals surface area (Å²) in [5.41, 5.74) is 4.16. The Morgan fingerprint density at radius 1 is 0.944 bits per heavy atom. The van der Waals surface area contributed by atoms with Gasteiger partial charge in [-0.2, -0.15) is 15.8 Å². The molecule has 1 amide bonds. The van der Waals surface area contributed by atoms with Crippen LogP contribution in [-0.2, 0) is 0 Å². The van der Waals surface area contributed by atoms with Gasteiger partial charge < -0.3 is 0 Å². The standard InChI is InChI=1S/C12H7N5O/c13-6-10(7-14)11(8-15)16-17-12(18)9-4-2-1-3-5-9/h1-5,16H,(H,17,18). The minimum atomic E-state index is -0.474. The van der Waals surface area contributed by atoms with Gasteiger partial charge in [0.1, 0.15) is 18.2 Å². The Hall–Kier alpha value is -3.30. The topological polar surface area (TPSA) is 112 Å². The summed E-state index contributed by atoms with van der Waals surface area (Å²) >= 11 is 0. The number of hydrazine groups is 1. The molecule has 0 unspecified atom stereocenters. The number of benzene rings is 1. The zero-order valence-electron chi connectivity index (χ0n) is 9.14.